The highest BCUT2D eigenvalue weighted by Gasteiger charge is 2.37. The maximum atomic E-state index is 6.10. The van der Waals surface area contributed by atoms with Gasteiger partial charge in [0, 0.05) is 12.0 Å². The molecule has 0 radical (unpaired) electrons. The fourth-order valence-corrected chi connectivity index (χ4v) is 1.76. The molecule has 3 nitrogen and oxygen atoms in total. The van der Waals surface area contributed by atoms with Gasteiger partial charge in [0.05, 0.1) is 0 Å². The van der Waals surface area contributed by atoms with Crippen LogP contribution in [0.3, 0.4) is 0 Å². The van der Waals surface area contributed by atoms with Crippen LogP contribution in [-0.2, 0) is 12.0 Å². The monoisotopic (exact) mass is 229 g/mol. The zero-order valence-electron chi connectivity index (χ0n) is 10.4. The lowest BCUT2D eigenvalue weighted by molar-refractivity contribution is 0.136. The molecule has 4 heteroatoms. The van der Waals surface area contributed by atoms with Crippen LogP contribution >= 0.6 is 11.6 Å². The van der Waals surface area contributed by atoms with Crippen LogP contribution in [0.1, 0.15) is 47.4 Å². The molecule has 0 atom stereocenters. The third-order valence-electron chi connectivity index (χ3n) is 3.40. The Morgan fingerprint density at radius 1 is 1.13 bits per heavy atom. The molecule has 0 saturated carbocycles. The Morgan fingerprint density at radius 2 is 1.67 bits per heavy atom. The van der Waals surface area contributed by atoms with E-state index in [-0.39, 0.29) is 11.0 Å². The summed E-state index contributed by atoms with van der Waals surface area (Å²) < 4.78 is 2.04. The van der Waals surface area contributed by atoms with E-state index in [9.17, 15) is 0 Å². The van der Waals surface area contributed by atoms with E-state index in [0.29, 0.717) is 5.28 Å². The van der Waals surface area contributed by atoms with Gasteiger partial charge in [0.25, 0.3) is 0 Å². The van der Waals surface area contributed by atoms with Crippen LogP contribution in [0, 0.1) is 5.41 Å². The van der Waals surface area contributed by atoms with E-state index >= 15 is 0 Å². The molecule has 1 aromatic heterocycles. The van der Waals surface area contributed by atoms with Crippen molar-refractivity contribution in [1.82, 2.24) is 14.8 Å². The molecule has 1 aromatic rings. The Kier molecular flexibility index (Phi) is 3.15. The van der Waals surface area contributed by atoms with Gasteiger partial charge in [0.15, 0.2) is 0 Å². The van der Waals surface area contributed by atoms with Crippen molar-refractivity contribution in [3.63, 3.8) is 0 Å². The summed E-state index contributed by atoms with van der Waals surface area (Å²) >= 11 is 6.10. The summed E-state index contributed by atoms with van der Waals surface area (Å²) in [7, 11) is 0. The van der Waals surface area contributed by atoms with E-state index in [2.05, 4.69) is 51.7 Å². The smallest absolute Gasteiger partial charge is 0.225 e. The standard InChI is InChI=1S/C11H20ClN3/c1-7-8-13-14-9(12)15(8)11(5,6)10(2,3)4/h7H2,1-6H3. The molecule has 0 saturated heterocycles. The molecule has 0 spiro atoms. The molecule has 0 aromatic carbocycles. The minimum Gasteiger partial charge on any atom is -0.296 e. The molecule has 0 bridgehead atoms. The summed E-state index contributed by atoms with van der Waals surface area (Å²) in [6.07, 6.45) is 0.846. The molecular formula is C11H20ClN3. The second-order valence-electron chi connectivity index (χ2n) is 5.38. The van der Waals surface area contributed by atoms with Crippen molar-refractivity contribution in [3.05, 3.63) is 11.1 Å². The van der Waals surface area contributed by atoms with Crippen LogP contribution < -0.4 is 0 Å². The van der Waals surface area contributed by atoms with Crippen LogP contribution in [0.5, 0.6) is 0 Å². The van der Waals surface area contributed by atoms with E-state index in [4.69, 9.17) is 11.6 Å². The molecule has 0 amide bonds. The summed E-state index contributed by atoms with van der Waals surface area (Å²) in [6, 6.07) is 0. The topological polar surface area (TPSA) is 30.7 Å². The van der Waals surface area contributed by atoms with Gasteiger partial charge in [-0.15, -0.1) is 10.2 Å². The number of aromatic nitrogens is 3. The van der Waals surface area contributed by atoms with Gasteiger partial charge < -0.3 is 0 Å². The molecule has 1 rings (SSSR count). The third kappa shape index (κ3) is 2.03. The van der Waals surface area contributed by atoms with Gasteiger partial charge in [-0.1, -0.05) is 27.7 Å². The zero-order valence-corrected chi connectivity index (χ0v) is 11.2. The maximum Gasteiger partial charge on any atom is 0.225 e. The van der Waals surface area contributed by atoms with Crippen LogP contribution in [0.15, 0.2) is 0 Å². The molecule has 0 aliphatic carbocycles. The highest BCUT2D eigenvalue weighted by Crippen LogP contribution is 2.38. The molecule has 0 unspecified atom stereocenters. The highest BCUT2D eigenvalue weighted by atomic mass is 35.5. The van der Waals surface area contributed by atoms with E-state index in [1.165, 1.54) is 0 Å². The van der Waals surface area contributed by atoms with Gasteiger partial charge in [0.2, 0.25) is 5.28 Å². The molecule has 0 N–H and O–H groups in total. The molecule has 15 heavy (non-hydrogen) atoms. The van der Waals surface area contributed by atoms with Gasteiger partial charge in [-0.05, 0) is 30.9 Å². The van der Waals surface area contributed by atoms with E-state index in [1.54, 1.807) is 0 Å². The second-order valence-corrected chi connectivity index (χ2v) is 5.72. The molecule has 0 aliphatic heterocycles. The van der Waals surface area contributed by atoms with Crippen molar-refractivity contribution < 1.29 is 0 Å². The van der Waals surface area contributed by atoms with Crippen molar-refractivity contribution >= 4 is 11.6 Å². The number of hydrogen-bond donors (Lipinski definition) is 0. The summed E-state index contributed by atoms with van der Waals surface area (Å²) in [6.45, 7) is 13.0. The van der Waals surface area contributed by atoms with Crippen molar-refractivity contribution in [2.45, 2.75) is 53.5 Å². The van der Waals surface area contributed by atoms with Crippen LogP contribution in [0.2, 0.25) is 5.28 Å². The number of hydrogen-bond acceptors (Lipinski definition) is 2. The quantitative estimate of drug-likeness (QED) is 0.779. The molecule has 86 valence electrons. The predicted octanol–water partition coefficient (Wildman–Crippen LogP) is 3.28. The number of aryl methyl sites for hydroxylation is 1. The Balaban J connectivity index is 3.31. The summed E-state index contributed by atoms with van der Waals surface area (Å²) in [4.78, 5) is 0. The number of rotatable bonds is 2. The largest absolute Gasteiger partial charge is 0.296 e. The van der Waals surface area contributed by atoms with Crippen molar-refractivity contribution in [3.8, 4) is 0 Å². The van der Waals surface area contributed by atoms with Crippen LogP contribution in [0.4, 0.5) is 0 Å². The van der Waals surface area contributed by atoms with Crippen molar-refractivity contribution in [2.24, 2.45) is 5.41 Å². The van der Waals surface area contributed by atoms with Gasteiger partial charge in [-0.25, -0.2) is 0 Å². The van der Waals surface area contributed by atoms with E-state index in [0.717, 1.165) is 12.2 Å². The molecule has 1 heterocycles. The van der Waals surface area contributed by atoms with Crippen molar-refractivity contribution in [2.75, 3.05) is 0 Å². The minimum atomic E-state index is -0.0983. The maximum absolute atomic E-state index is 6.10. The third-order valence-corrected chi connectivity index (χ3v) is 3.65. The summed E-state index contributed by atoms with van der Waals surface area (Å²) in [5.74, 6) is 0.944. The first-order valence-corrected chi connectivity index (χ1v) is 5.70. The van der Waals surface area contributed by atoms with Crippen LogP contribution in [-0.4, -0.2) is 14.8 Å². The lowest BCUT2D eigenvalue weighted by atomic mass is 9.76. The fourth-order valence-electron chi connectivity index (χ4n) is 1.41. The fraction of sp³-hybridized carbons (Fsp3) is 0.818. The summed E-state index contributed by atoms with van der Waals surface area (Å²) in [5.41, 5.74) is 0.00185. The first-order chi connectivity index (χ1) is 6.71. The van der Waals surface area contributed by atoms with E-state index < -0.39 is 0 Å². The molecule has 0 fully saturated rings. The predicted molar refractivity (Wildman–Crippen MR) is 63.2 cm³/mol. The number of halogens is 1. The zero-order chi connectivity index (χ0) is 11.9. The average molecular weight is 230 g/mol. The van der Waals surface area contributed by atoms with Gasteiger partial charge >= 0.3 is 0 Å². The molecular weight excluding hydrogens is 210 g/mol. The Hall–Kier alpha value is -0.570. The Bertz CT molecular complexity index is 347. The Morgan fingerprint density at radius 3 is 2.07 bits per heavy atom. The van der Waals surface area contributed by atoms with Crippen LogP contribution in [0.25, 0.3) is 0 Å². The minimum absolute atomic E-state index is 0.0983. The second kappa shape index (κ2) is 3.78. The normalized spacial score (nSPS) is 13.3. The highest BCUT2D eigenvalue weighted by molar-refractivity contribution is 6.28. The van der Waals surface area contributed by atoms with Crippen molar-refractivity contribution in [1.29, 1.82) is 0 Å². The number of nitrogens with zero attached hydrogens (tertiary/aromatic N) is 3. The lowest BCUT2D eigenvalue weighted by Gasteiger charge is -2.40. The summed E-state index contributed by atoms with van der Waals surface area (Å²) in [5, 5.41) is 8.52. The Labute approximate surface area is 96.8 Å². The van der Waals surface area contributed by atoms with Gasteiger partial charge in [0.1, 0.15) is 5.82 Å². The first-order valence-electron chi connectivity index (χ1n) is 5.32. The first kappa shape index (κ1) is 12.5. The average Bonchev–Trinajstić information content (AvgIpc) is 2.44. The molecule has 0 aliphatic rings. The SMILES string of the molecule is CCc1nnc(Cl)n1C(C)(C)C(C)(C)C. The lowest BCUT2D eigenvalue weighted by Crippen LogP contribution is -2.41. The van der Waals surface area contributed by atoms with Gasteiger partial charge in [-0.2, -0.15) is 0 Å². The van der Waals surface area contributed by atoms with E-state index in [1.807, 2.05) is 4.57 Å². The van der Waals surface area contributed by atoms with Gasteiger partial charge in [-0.3, -0.25) is 4.57 Å².